The lowest BCUT2D eigenvalue weighted by Gasteiger charge is -2.09. The predicted molar refractivity (Wildman–Crippen MR) is 68.6 cm³/mol. The van der Waals surface area contributed by atoms with Crippen LogP contribution in [0.4, 0.5) is 0 Å². The smallest absolute Gasteiger partial charge is 0.255 e. The summed E-state index contributed by atoms with van der Waals surface area (Å²) in [5.74, 6) is -0.339. The highest BCUT2D eigenvalue weighted by Crippen LogP contribution is 2.14. The number of hydrogen-bond donors (Lipinski definition) is 2. The molecule has 0 fully saturated rings. The fourth-order valence-corrected chi connectivity index (χ4v) is 1.77. The fraction of sp³-hybridized carbons (Fsp3) is 0.417. The molecule has 0 saturated carbocycles. The summed E-state index contributed by atoms with van der Waals surface area (Å²) in [5, 5.41) is 12.2. The first kappa shape index (κ1) is 13.7. The second-order valence-electron chi connectivity index (χ2n) is 3.87. The van der Waals surface area contributed by atoms with E-state index in [4.69, 9.17) is 0 Å². The molecule has 0 saturated heterocycles. The van der Waals surface area contributed by atoms with Crippen molar-refractivity contribution in [1.29, 1.82) is 0 Å². The second kappa shape index (κ2) is 6.39. The number of benzene rings is 1. The topological polar surface area (TPSA) is 66.4 Å². The van der Waals surface area contributed by atoms with E-state index in [2.05, 4.69) is 5.32 Å². The lowest BCUT2D eigenvalue weighted by molar-refractivity contribution is 0.0950. The first-order valence-corrected chi connectivity index (χ1v) is 7.03. The van der Waals surface area contributed by atoms with Crippen molar-refractivity contribution in [3.05, 3.63) is 29.8 Å². The van der Waals surface area contributed by atoms with Gasteiger partial charge in [0.05, 0.1) is 5.56 Å². The Balaban J connectivity index is 2.46. The minimum Gasteiger partial charge on any atom is -0.507 e. The molecule has 5 heteroatoms. The highest BCUT2D eigenvalue weighted by atomic mass is 32.2. The quantitative estimate of drug-likeness (QED) is 0.833. The minimum absolute atomic E-state index is 0.0304. The normalized spacial score (nSPS) is 14.0. The molecule has 4 nitrogen and oxygen atoms in total. The zero-order valence-corrected chi connectivity index (χ0v) is 10.8. The van der Waals surface area contributed by atoms with Crippen LogP contribution in [0.15, 0.2) is 24.3 Å². The minimum atomic E-state index is -0.875. The molecule has 2 unspecified atom stereocenters. The molecule has 0 aromatic heterocycles. The highest BCUT2D eigenvalue weighted by molar-refractivity contribution is 7.84. The van der Waals surface area contributed by atoms with E-state index in [0.29, 0.717) is 13.0 Å². The first-order chi connectivity index (χ1) is 8.02. The van der Waals surface area contributed by atoms with Crippen LogP contribution in [0.25, 0.3) is 0 Å². The van der Waals surface area contributed by atoms with Gasteiger partial charge in [-0.1, -0.05) is 19.1 Å². The summed E-state index contributed by atoms with van der Waals surface area (Å²) in [6, 6.07) is 6.39. The van der Waals surface area contributed by atoms with Crippen LogP contribution < -0.4 is 5.32 Å². The Labute approximate surface area is 104 Å². The molecule has 0 aliphatic heterocycles. The molecule has 94 valence electrons. The third kappa shape index (κ3) is 4.19. The molecule has 0 radical (unpaired) electrons. The number of nitrogens with one attached hydrogen (secondary N) is 1. The zero-order chi connectivity index (χ0) is 12.8. The largest absolute Gasteiger partial charge is 0.507 e. The number of amides is 1. The molecule has 17 heavy (non-hydrogen) atoms. The molecule has 1 amide bonds. The number of phenols is 1. The van der Waals surface area contributed by atoms with Crippen LogP contribution in [0.5, 0.6) is 5.75 Å². The molecule has 0 aliphatic carbocycles. The monoisotopic (exact) mass is 255 g/mol. The molecule has 0 spiro atoms. The van der Waals surface area contributed by atoms with Gasteiger partial charge in [0.1, 0.15) is 5.75 Å². The number of rotatable bonds is 5. The van der Waals surface area contributed by atoms with Crippen molar-refractivity contribution in [1.82, 2.24) is 5.32 Å². The van der Waals surface area contributed by atoms with Crippen LogP contribution >= 0.6 is 0 Å². The van der Waals surface area contributed by atoms with Gasteiger partial charge in [0.25, 0.3) is 5.91 Å². The molecule has 0 heterocycles. The van der Waals surface area contributed by atoms with Crippen molar-refractivity contribution in [2.75, 3.05) is 12.8 Å². The van der Waals surface area contributed by atoms with Gasteiger partial charge in [0, 0.05) is 28.9 Å². The van der Waals surface area contributed by atoms with Crippen molar-refractivity contribution < 1.29 is 14.1 Å². The van der Waals surface area contributed by atoms with Gasteiger partial charge in [-0.05, 0) is 18.6 Å². The fourth-order valence-electron chi connectivity index (χ4n) is 1.32. The van der Waals surface area contributed by atoms with Crippen molar-refractivity contribution in [2.24, 2.45) is 0 Å². The molecule has 0 bridgehead atoms. The molecule has 1 rings (SSSR count). The van der Waals surface area contributed by atoms with Crippen LogP contribution in [0.2, 0.25) is 0 Å². The molecule has 2 N–H and O–H groups in total. The Morgan fingerprint density at radius 3 is 2.71 bits per heavy atom. The predicted octanol–water partition coefficient (Wildman–Crippen LogP) is 1.28. The maximum atomic E-state index is 11.7. The number of phenolic OH excluding ortho intramolecular Hbond substituents is 1. The highest BCUT2D eigenvalue weighted by Gasteiger charge is 2.11. The lowest BCUT2D eigenvalue weighted by atomic mass is 10.2. The number of para-hydroxylation sites is 1. The van der Waals surface area contributed by atoms with Gasteiger partial charge in [0.2, 0.25) is 0 Å². The Morgan fingerprint density at radius 2 is 2.12 bits per heavy atom. The van der Waals surface area contributed by atoms with E-state index in [1.807, 2.05) is 6.92 Å². The third-order valence-corrected chi connectivity index (χ3v) is 3.92. The summed E-state index contributed by atoms with van der Waals surface area (Å²) in [6.45, 7) is 2.33. The summed E-state index contributed by atoms with van der Waals surface area (Å²) in [4.78, 5) is 11.7. The lowest BCUT2D eigenvalue weighted by Crippen LogP contribution is -2.27. The van der Waals surface area contributed by atoms with Gasteiger partial charge < -0.3 is 10.4 Å². The van der Waals surface area contributed by atoms with Crippen LogP contribution in [0.3, 0.4) is 0 Å². The zero-order valence-electron chi connectivity index (χ0n) is 9.97. The van der Waals surface area contributed by atoms with Gasteiger partial charge in [-0.2, -0.15) is 0 Å². The van der Waals surface area contributed by atoms with E-state index in [9.17, 15) is 14.1 Å². The maximum absolute atomic E-state index is 11.7. The van der Waals surface area contributed by atoms with Crippen LogP contribution in [0, 0.1) is 0 Å². The van der Waals surface area contributed by atoms with Crippen molar-refractivity contribution >= 4 is 16.7 Å². The molecule has 0 aliphatic rings. The Kier molecular flexibility index (Phi) is 5.15. The van der Waals surface area contributed by atoms with Gasteiger partial charge in [-0.25, -0.2) is 0 Å². The van der Waals surface area contributed by atoms with E-state index in [1.165, 1.54) is 6.07 Å². The van der Waals surface area contributed by atoms with Gasteiger partial charge in [-0.15, -0.1) is 0 Å². The van der Waals surface area contributed by atoms with Gasteiger partial charge in [0.15, 0.2) is 0 Å². The Morgan fingerprint density at radius 1 is 1.47 bits per heavy atom. The summed E-state index contributed by atoms with van der Waals surface area (Å²) in [5.41, 5.74) is 0.262. The number of aromatic hydroxyl groups is 1. The molecule has 1 aromatic rings. The van der Waals surface area contributed by atoms with Crippen molar-refractivity contribution in [2.45, 2.75) is 18.6 Å². The van der Waals surface area contributed by atoms with Crippen LogP contribution in [-0.4, -0.2) is 33.3 Å². The second-order valence-corrected chi connectivity index (χ2v) is 5.67. The molecular formula is C12H17NO3S. The summed E-state index contributed by atoms with van der Waals surface area (Å²) < 4.78 is 11.1. The number of carbonyl (C=O) groups is 1. The van der Waals surface area contributed by atoms with E-state index >= 15 is 0 Å². The molecule has 1 aromatic carbocycles. The van der Waals surface area contributed by atoms with Crippen LogP contribution in [-0.2, 0) is 10.8 Å². The van der Waals surface area contributed by atoms with E-state index < -0.39 is 10.8 Å². The summed E-state index contributed by atoms with van der Waals surface area (Å²) >= 11 is 0. The van der Waals surface area contributed by atoms with Crippen LogP contribution in [0.1, 0.15) is 23.7 Å². The Bertz CT molecular complexity index is 420. The van der Waals surface area contributed by atoms with E-state index in [-0.39, 0.29) is 22.5 Å². The van der Waals surface area contributed by atoms with Gasteiger partial charge >= 0.3 is 0 Å². The Hall–Kier alpha value is -1.36. The van der Waals surface area contributed by atoms with E-state index in [0.717, 1.165) is 0 Å². The van der Waals surface area contributed by atoms with Crippen molar-refractivity contribution in [3.8, 4) is 5.75 Å². The summed E-state index contributed by atoms with van der Waals surface area (Å²) in [7, 11) is -0.875. The number of carbonyl (C=O) groups excluding carboxylic acids is 1. The standard InChI is InChI=1S/C12H17NO3S/c1-9(17(2)16)7-8-13-12(15)10-5-3-4-6-11(10)14/h3-6,9,14H,7-8H2,1-2H3,(H,13,15). The average Bonchev–Trinajstić information content (AvgIpc) is 2.29. The summed E-state index contributed by atoms with van der Waals surface area (Å²) in [6.07, 6.45) is 2.30. The van der Waals surface area contributed by atoms with E-state index in [1.54, 1.807) is 24.5 Å². The third-order valence-electron chi connectivity index (χ3n) is 2.55. The van der Waals surface area contributed by atoms with Gasteiger partial charge in [-0.3, -0.25) is 9.00 Å². The molecular weight excluding hydrogens is 238 g/mol. The van der Waals surface area contributed by atoms with Crippen molar-refractivity contribution in [3.63, 3.8) is 0 Å². The first-order valence-electron chi connectivity index (χ1n) is 5.40. The number of hydrogen-bond acceptors (Lipinski definition) is 3. The molecule has 2 atom stereocenters. The average molecular weight is 255 g/mol. The SMILES string of the molecule is CC(CCNC(=O)c1ccccc1O)S(C)=O. The maximum Gasteiger partial charge on any atom is 0.255 e.